The van der Waals surface area contributed by atoms with Crippen molar-refractivity contribution < 1.29 is 5.11 Å². The molecule has 12 heavy (non-hydrogen) atoms. The molecule has 1 nitrogen and oxygen atoms in total. The van der Waals surface area contributed by atoms with Crippen molar-refractivity contribution in [2.45, 2.75) is 13.8 Å². The second kappa shape index (κ2) is 3.76. The first kappa shape index (κ1) is 9.33. The predicted molar refractivity (Wildman–Crippen MR) is 55.1 cm³/mol. The van der Waals surface area contributed by atoms with Gasteiger partial charge in [-0.15, -0.1) is 0 Å². The van der Waals surface area contributed by atoms with Crippen molar-refractivity contribution in [3.63, 3.8) is 0 Å². The van der Waals surface area contributed by atoms with Crippen molar-refractivity contribution >= 4 is 22.0 Å². The zero-order chi connectivity index (χ0) is 9.14. The maximum absolute atomic E-state index is 9.55. The van der Waals surface area contributed by atoms with Crippen LogP contribution in [0.25, 0.3) is 6.08 Å². The van der Waals surface area contributed by atoms with Crippen molar-refractivity contribution in [3.05, 3.63) is 33.8 Å². The van der Waals surface area contributed by atoms with E-state index in [-0.39, 0.29) is 0 Å². The summed E-state index contributed by atoms with van der Waals surface area (Å²) < 4.78 is 0.734. The molecular weight excluding hydrogens is 216 g/mol. The number of para-hydroxylation sites is 1. The third kappa shape index (κ3) is 2.11. The quantitative estimate of drug-likeness (QED) is 0.777. The minimum atomic E-state index is 0.304. The Morgan fingerprint density at radius 1 is 1.42 bits per heavy atom. The van der Waals surface area contributed by atoms with Crippen LogP contribution in [0.2, 0.25) is 0 Å². The Kier molecular flexibility index (Phi) is 2.93. The van der Waals surface area contributed by atoms with Crippen LogP contribution < -0.4 is 0 Å². The summed E-state index contributed by atoms with van der Waals surface area (Å²) in [6.07, 6.45) is 1.94. The molecule has 0 aromatic heterocycles. The van der Waals surface area contributed by atoms with Gasteiger partial charge in [0.1, 0.15) is 5.75 Å². The molecule has 1 aromatic carbocycles. The normalized spacial score (nSPS) is 9.58. The summed E-state index contributed by atoms with van der Waals surface area (Å²) in [5, 5.41) is 9.55. The van der Waals surface area contributed by atoms with Gasteiger partial charge in [-0.05, 0) is 35.8 Å². The van der Waals surface area contributed by atoms with Crippen LogP contribution in [0.1, 0.15) is 19.4 Å². The molecule has 0 saturated heterocycles. The number of allylic oxidation sites excluding steroid dienone is 1. The van der Waals surface area contributed by atoms with Crippen molar-refractivity contribution in [2.24, 2.45) is 0 Å². The molecule has 1 rings (SSSR count). The Labute approximate surface area is 80.9 Å². The van der Waals surface area contributed by atoms with Crippen LogP contribution in [0, 0.1) is 0 Å². The minimum absolute atomic E-state index is 0.304. The third-order valence-electron chi connectivity index (χ3n) is 1.46. The summed E-state index contributed by atoms with van der Waals surface area (Å²) in [6.45, 7) is 4.00. The van der Waals surface area contributed by atoms with E-state index in [0.29, 0.717) is 5.75 Å². The molecule has 0 unspecified atom stereocenters. The SMILES string of the molecule is CC(C)=Cc1cccc(Br)c1O. The monoisotopic (exact) mass is 226 g/mol. The van der Waals surface area contributed by atoms with E-state index >= 15 is 0 Å². The fraction of sp³-hybridized carbons (Fsp3) is 0.200. The Bertz CT molecular complexity index is 312. The first-order chi connectivity index (χ1) is 5.61. The lowest BCUT2D eigenvalue weighted by molar-refractivity contribution is 0.470. The number of halogens is 1. The van der Waals surface area contributed by atoms with Crippen LogP contribution in [0.3, 0.4) is 0 Å². The van der Waals surface area contributed by atoms with Crippen LogP contribution in [-0.4, -0.2) is 5.11 Å². The number of hydrogen-bond donors (Lipinski definition) is 1. The molecule has 0 amide bonds. The van der Waals surface area contributed by atoms with Gasteiger partial charge in [0.15, 0.2) is 0 Å². The molecule has 1 aromatic rings. The largest absolute Gasteiger partial charge is 0.506 e. The van der Waals surface area contributed by atoms with Crippen molar-refractivity contribution in [2.75, 3.05) is 0 Å². The van der Waals surface area contributed by atoms with Crippen LogP contribution in [0.15, 0.2) is 28.2 Å². The van der Waals surface area contributed by atoms with E-state index < -0.39 is 0 Å². The zero-order valence-electron chi connectivity index (χ0n) is 7.13. The Morgan fingerprint density at radius 2 is 2.08 bits per heavy atom. The summed E-state index contributed by atoms with van der Waals surface area (Å²) in [4.78, 5) is 0. The molecule has 64 valence electrons. The Morgan fingerprint density at radius 3 is 2.67 bits per heavy atom. The average molecular weight is 227 g/mol. The van der Waals surface area contributed by atoms with Crippen molar-refractivity contribution in [1.82, 2.24) is 0 Å². The third-order valence-corrected chi connectivity index (χ3v) is 2.10. The van der Waals surface area contributed by atoms with Gasteiger partial charge in [-0.25, -0.2) is 0 Å². The molecule has 0 atom stereocenters. The molecule has 0 aliphatic heterocycles. The molecule has 0 heterocycles. The van der Waals surface area contributed by atoms with Crippen molar-refractivity contribution in [3.8, 4) is 5.75 Å². The highest BCUT2D eigenvalue weighted by Crippen LogP contribution is 2.28. The summed E-state index contributed by atoms with van der Waals surface area (Å²) in [5.41, 5.74) is 2.02. The highest BCUT2D eigenvalue weighted by atomic mass is 79.9. The maximum atomic E-state index is 9.55. The Balaban J connectivity index is 3.17. The van der Waals surface area contributed by atoms with Crippen LogP contribution in [0.4, 0.5) is 0 Å². The fourth-order valence-corrected chi connectivity index (χ4v) is 1.34. The standard InChI is InChI=1S/C10H11BrO/c1-7(2)6-8-4-3-5-9(11)10(8)12/h3-6,12H,1-2H3. The summed E-state index contributed by atoms with van der Waals surface area (Å²) in [6, 6.07) is 5.60. The predicted octanol–water partition coefficient (Wildman–Crippen LogP) is 3.58. The number of hydrogen-bond acceptors (Lipinski definition) is 1. The van der Waals surface area contributed by atoms with E-state index in [2.05, 4.69) is 15.9 Å². The van der Waals surface area contributed by atoms with E-state index in [1.165, 1.54) is 5.57 Å². The van der Waals surface area contributed by atoms with Gasteiger partial charge >= 0.3 is 0 Å². The highest BCUT2D eigenvalue weighted by Gasteiger charge is 2.00. The summed E-state index contributed by atoms with van der Waals surface area (Å²) in [7, 11) is 0. The number of phenols is 1. The van der Waals surface area contributed by atoms with Gasteiger partial charge in [0.2, 0.25) is 0 Å². The second-order valence-corrected chi connectivity index (χ2v) is 3.75. The minimum Gasteiger partial charge on any atom is -0.506 e. The maximum Gasteiger partial charge on any atom is 0.136 e. The Hall–Kier alpha value is -0.760. The number of rotatable bonds is 1. The molecule has 0 aliphatic carbocycles. The van der Waals surface area contributed by atoms with Crippen LogP contribution in [-0.2, 0) is 0 Å². The molecule has 0 fully saturated rings. The van der Waals surface area contributed by atoms with Gasteiger partial charge in [0.05, 0.1) is 4.47 Å². The van der Waals surface area contributed by atoms with Crippen molar-refractivity contribution in [1.29, 1.82) is 0 Å². The molecule has 0 saturated carbocycles. The first-order valence-corrected chi connectivity index (χ1v) is 4.53. The molecule has 0 spiro atoms. The van der Waals surface area contributed by atoms with Gasteiger partial charge in [-0.3, -0.25) is 0 Å². The number of aromatic hydroxyl groups is 1. The summed E-state index contributed by atoms with van der Waals surface area (Å²) >= 11 is 3.26. The highest BCUT2D eigenvalue weighted by molar-refractivity contribution is 9.10. The van der Waals surface area contributed by atoms with E-state index in [9.17, 15) is 5.11 Å². The lowest BCUT2D eigenvalue weighted by Gasteiger charge is -2.01. The zero-order valence-corrected chi connectivity index (χ0v) is 8.72. The number of phenolic OH excluding ortho intramolecular Hbond substituents is 1. The lowest BCUT2D eigenvalue weighted by atomic mass is 10.1. The van der Waals surface area contributed by atoms with E-state index in [4.69, 9.17) is 0 Å². The van der Waals surface area contributed by atoms with Gasteiger partial charge in [-0.2, -0.15) is 0 Å². The average Bonchev–Trinajstić information content (AvgIpc) is 1.98. The fourth-order valence-electron chi connectivity index (χ4n) is 0.959. The van der Waals surface area contributed by atoms with Gasteiger partial charge in [0, 0.05) is 5.56 Å². The van der Waals surface area contributed by atoms with E-state index in [0.717, 1.165) is 10.0 Å². The van der Waals surface area contributed by atoms with Crippen LogP contribution >= 0.6 is 15.9 Å². The van der Waals surface area contributed by atoms with Crippen LogP contribution in [0.5, 0.6) is 5.75 Å². The second-order valence-electron chi connectivity index (χ2n) is 2.90. The molecule has 2 heteroatoms. The molecular formula is C10H11BrO. The van der Waals surface area contributed by atoms with Gasteiger partial charge in [0.25, 0.3) is 0 Å². The van der Waals surface area contributed by atoms with E-state index in [1.807, 2.05) is 38.1 Å². The molecule has 1 N–H and O–H groups in total. The molecule has 0 bridgehead atoms. The van der Waals surface area contributed by atoms with Gasteiger partial charge < -0.3 is 5.11 Å². The topological polar surface area (TPSA) is 20.2 Å². The first-order valence-electron chi connectivity index (χ1n) is 3.73. The number of benzene rings is 1. The summed E-state index contributed by atoms with van der Waals surface area (Å²) in [5.74, 6) is 0.304. The molecule has 0 radical (unpaired) electrons. The van der Waals surface area contributed by atoms with E-state index in [1.54, 1.807) is 0 Å². The van der Waals surface area contributed by atoms with Gasteiger partial charge in [-0.1, -0.05) is 23.8 Å². The lowest BCUT2D eigenvalue weighted by Crippen LogP contribution is -1.76. The molecule has 0 aliphatic rings. The smallest absolute Gasteiger partial charge is 0.136 e.